The Morgan fingerprint density at radius 3 is 2.60 bits per heavy atom. The summed E-state index contributed by atoms with van der Waals surface area (Å²) in [5, 5.41) is 12.2. The minimum atomic E-state index is -0.752. The van der Waals surface area contributed by atoms with Crippen LogP contribution >= 0.6 is 34.8 Å². The molecule has 0 saturated heterocycles. The van der Waals surface area contributed by atoms with Crippen molar-refractivity contribution in [3.8, 4) is 0 Å². The number of rotatable bonds is 4. The highest BCUT2D eigenvalue weighted by Crippen LogP contribution is 2.28. The van der Waals surface area contributed by atoms with Gasteiger partial charge in [0.05, 0.1) is 22.7 Å². The zero-order valence-corrected chi connectivity index (χ0v) is 9.87. The van der Waals surface area contributed by atoms with E-state index in [-0.39, 0.29) is 28.2 Å². The van der Waals surface area contributed by atoms with E-state index in [1.165, 1.54) is 6.07 Å². The molecule has 1 rings (SSSR count). The summed E-state index contributed by atoms with van der Waals surface area (Å²) in [5.74, 6) is -0.492. The number of nitrogens with one attached hydrogen (secondary N) is 1. The molecular weight excluding hydrogens is 263 g/mol. The molecule has 0 saturated carbocycles. The van der Waals surface area contributed by atoms with Crippen molar-refractivity contribution in [2.24, 2.45) is 0 Å². The second kappa shape index (κ2) is 5.75. The molecule has 0 spiro atoms. The molecule has 0 radical (unpaired) electrons. The monoisotopic (exact) mass is 271 g/mol. The Morgan fingerprint density at radius 1 is 1.40 bits per heavy atom. The average Bonchev–Trinajstić information content (AvgIpc) is 2.15. The standard InChI is InChI=1S/C9H9Cl3FNO/c10-3-6(15)4-14-9-7(12)1-5(11)2-8(9)13/h1-2,6,14-15H,3-4H2. The highest BCUT2D eigenvalue weighted by atomic mass is 35.5. The third kappa shape index (κ3) is 3.68. The van der Waals surface area contributed by atoms with Gasteiger partial charge in [-0.25, -0.2) is 4.39 Å². The van der Waals surface area contributed by atoms with Crippen LogP contribution < -0.4 is 5.32 Å². The van der Waals surface area contributed by atoms with Crippen molar-refractivity contribution in [1.82, 2.24) is 0 Å². The second-order valence-electron chi connectivity index (χ2n) is 2.93. The number of hydrogen-bond acceptors (Lipinski definition) is 2. The molecule has 0 heterocycles. The van der Waals surface area contributed by atoms with Crippen LogP contribution in [0, 0.1) is 5.82 Å². The lowest BCUT2D eigenvalue weighted by Gasteiger charge is -2.12. The predicted molar refractivity (Wildman–Crippen MR) is 61.6 cm³/mol. The molecule has 1 aromatic rings. The van der Waals surface area contributed by atoms with Gasteiger partial charge in [0.1, 0.15) is 5.82 Å². The van der Waals surface area contributed by atoms with Gasteiger partial charge in [-0.3, -0.25) is 0 Å². The summed E-state index contributed by atoms with van der Waals surface area (Å²) in [5.41, 5.74) is 0.116. The first-order valence-electron chi connectivity index (χ1n) is 4.17. The zero-order chi connectivity index (χ0) is 11.4. The van der Waals surface area contributed by atoms with Crippen molar-refractivity contribution < 1.29 is 9.50 Å². The summed E-state index contributed by atoms with van der Waals surface area (Å²) >= 11 is 16.7. The highest BCUT2D eigenvalue weighted by molar-refractivity contribution is 6.36. The normalized spacial score (nSPS) is 12.6. The third-order valence-electron chi connectivity index (χ3n) is 1.70. The van der Waals surface area contributed by atoms with Gasteiger partial charge in [-0.2, -0.15) is 0 Å². The average molecular weight is 273 g/mol. The molecule has 1 atom stereocenters. The number of hydrogen-bond donors (Lipinski definition) is 2. The molecule has 0 aliphatic carbocycles. The number of halogens is 4. The largest absolute Gasteiger partial charge is 0.390 e. The van der Waals surface area contributed by atoms with Gasteiger partial charge in [-0.1, -0.05) is 23.2 Å². The van der Waals surface area contributed by atoms with Gasteiger partial charge >= 0.3 is 0 Å². The van der Waals surface area contributed by atoms with Crippen molar-refractivity contribution in [1.29, 1.82) is 0 Å². The molecule has 0 fully saturated rings. The van der Waals surface area contributed by atoms with Crippen LogP contribution in [0.5, 0.6) is 0 Å². The Kier molecular flexibility index (Phi) is 4.93. The van der Waals surface area contributed by atoms with E-state index < -0.39 is 11.9 Å². The number of aliphatic hydroxyl groups excluding tert-OH is 1. The van der Waals surface area contributed by atoms with Crippen LogP contribution in [0.15, 0.2) is 12.1 Å². The van der Waals surface area contributed by atoms with Crippen molar-refractivity contribution in [3.63, 3.8) is 0 Å². The van der Waals surface area contributed by atoms with E-state index >= 15 is 0 Å². The Hall–Kier alpha value is -0.220. The number of alkyl halides is 1. The van der Waals surface area contributed by atoms with E-state index in [9.17, 15) is 4.39 Å². The predicted octanol–water partition coefficient (Wildman–Crippen LogP) is 3.14. The molecule has 2 N–H and O–H groups in total. The lowest BCUT2D eigenvalue weighted by molar-refractivity contribution is 0.211. The fourth-order valence-electron chi connectivity index (χ4n) is 0.986. The summed E-state index contributed by atoms with van der Waals surface area (Å²) in [6, 6.07) is 2.56. The fourth-order valence-corrected chi connectivity index (χ4v) is 1.63. The maximum atomic E-state index is 13.3. The van der Waals surface area contributed by atoms with Crippen LogP contribution in [-0.2, 0) is 0 Å². The summed E-state index contributed by atoms with van der Waals surface area (Å²) < 4.78 is 13.3. The molecule has 0 aromatic heterocycles. The van der Waals surface area contributed by atoms with Crippen LogP contribution in [0.4, 0.5) is 10.1 Å². The van der Waals surface area contributed by atoms with Crippen LogP contribution in [-0.4, -0.2) is 23.6 Å². The molecule has 0 amide bonds. The minimum Gasteiger partial charge on any atom is -0.390 e. The summed E-state index contributed by atoms with van der Waals surface area (Å²) in [6.45, 7) is 0.127. The lowest BCUT2D eigenvalue weighted by Crippen LogP contribution is -2.21. The van der Waals surface area contributed by atoms with Gasteiger partial charge in [-0.05, 0) is 12.1 Å². The van der Waals surface area contributed by atoms with Gasteiger partial charge in [0.25, 0.3) is 0 Å². The molecule has 0 aliphatic rings. The maximum absolute atomic E-state index is 13.3. The summed E-state index contributed by atoms with van der Waals surface area (Å²) in [4.78, 5) is 0. The molecule has 0 aliphatic heterocycles. The van der Waals surface area contributed by atoms with Gasteiger partial charge in [0, 0.05) is 11.6 Å². The van der Waals surface area contributed by atoms with Gasteiger partial charge < -0.3 is 10.4 Å². The van der Waals surface area contributed by atoms with E-state index in [0.29, 0.717) is 0 Å². The smallest absolute Gasteiger partial charge is 0.149 e. The van der Waals surface area contributed by atoms with Crippen molar-refractivity contribution in [3.05, 3.63) is 28.0 Å². The van der Waals surface area contributed by atoms with Crippen LogP contribution in [0.3, 0.4) is 0 Å². The van der Waals surface area contributed by atoms with Crippen molar-refractivity contribution in [2.75, 3.05) is 17.7 Å². The zero-order valence-electron chi connectivity index (χ0n) is 7.61. The van der Waals surface area contributed by atoms with E-state index in [1.54, 1.807) is 0 Å². The van der Waals surface area contributed by atoms with Crippen LogP contribution in [0.1, 0.15) is 0 Å². The summed E-state index contributed by atoms with van der Waals surface area (Å²) in [7, 11) is 0. The van der Waals surface area contributed by atoms with Crippen molar-refractivity contribution >= 4 is 40.5 Å². The van der Waals surface area contributed by atoms with Gasteiger partial charge in [0.2, 0.25) is 0 Å². The Balaban J connectivity index is 2.77. The second-order valence-corrected chi connectivity index (χ2v) is 4.09. The molecule has 15 heavy (non-hydrogen) atoms. The first-order chi connectivity index (χ1) is 7.04. The fraction of sp³-hybridized carbons (Fsp3) is 0.333. The van der Waals surface area contributed by atoms with E-state index in [1.807, 2.05) is 0 Å². The number of benzene rings is 1. The molecule has 1 aromatic carbocycles. The van der Waals surface area contributed by atoms with E-state index in [4.69, 9.17) is 39.9 Å². The maximum Gasteiger partial charge on any atom is 0.149 e. The molecule has 6 heteroatoms. The SMILES string of the molecule is OC(CCl)CNc1c(F)cc(Cl)cc1Cl. The first kappa shape index (κ1) is 12.8. The molecule has 84 valence electrons. The molecule has 1 unspecified atom stereocenters. The van der Waals surface area contributed by atoms with Crippen LogP contribution in [0.2, 0.25) is 10.0 Å². The topological polar surface area (TPSA) is 32.3 Å². The van der Waals surface area contributed by atoms with Gasteiger partial charge in [-0.15, -0.1) is 11.6 Å². The van der Waals surface area contributed by atoms with Crippen LogP contribution in [0.25, 0.3) is 0 Å². The minimum absolute atomic E-state index is 0.0693. The lowest BCUT2D eigenvalue weighted by atomic mass is 10.3. The Bertz CT molecular complexity index is 325. The third-order valence-corrected chi connectivity index (χ3v) is 2.57. The Morgan fingerprint density at radius 2 is 2.07 bits per heavy atom. The molecule has 0 bridgehead atoms. The highest BCUT2D eigenvalue weighted by Gasteiger charge is 2.10. The Labute approximate surface area is 102 Å². The van der Waals surface area contributed by atoms with Crippen molar-refractivity contribution in [2.45, 2.75) is 6.10 Å². The van der Waals surface area contributed by atoms with E-state index in [0.717, 1.165) is 6.07 Å². The van der Waals surface area contributed by atoms with E-state index in [2.05, 4.69) is 5.32 Å². The summed E-state index contributed by atoms with van der Waals surface area (Å²) in [6.07, 6.45) is -0.752. The molecular formula is C9H9Cl3FNO. The molecule has 2 nitrogen and oxygen atoms in total. The van der Waals surface area contributed by atoms with Gasteiger partial charge in [0.15, 0.2) is 0 Å². The first-order valence-corrected chi connectivity index (χ1v) is 5.46. The quantitative estimate of drug-likeness (QED) is 0.825. The number of aliphatic hydroxyl groups is 1. The number of anilines is 1.